The first-order chi connectivity index (χ1) is 13.3. The van der Waals surface area contributed by atoms with Crippen LogP contribution in [0, 0.1) is 5.92 Å². The zero-order valence-electron chi connectivity index (χ0n) is 19.8. The number of alkyl halides is 1. The number of hydrogen-bond donors (Lipinski definition) is 0. The molecule has 0 aliphatic heterocycles. The van der Waals surface area contributed by atoms with Crippen LogP contribution in [0.4, 0.5) is 0 Å². The van der Waals surface area contributed by atoms with Gasteiger partial charge in [-0.3, -0.25) is 0 Å². The Kier molecular flexibility index (Phi) is 31.5. The third-order valence-electron chi connectivity index (χ3n) is 5.61. The van der Waals surface area contributed by atoms with Crippen molar-refractivity contribution in [3.63, 3.8) is 0 Å². The molecule has 0 aliphatic rings. The van der Waals surface area contributed by atoms with Crippen LogP contribution >= 0.6 is 15.9 Å². The summed E-state index contributed by atoms with van der Waals surface area (Å²) < 4.78 is 0. The van der Waals surface area contributed by atoms with Crippen molar-refractivity contribution >= 4 is 15.9 Å². The summed E-state index contributed by atoms with van der Waals surface area (Å²) in [5.41, 5.74) is 0. The van der Waals surface area contributed by atoms with E-state index in [-0.39, 0.29) is 0 Å². The van der Waals surface area contributed by atoms with Gasteiger partial charge in [0.2, 0.25) is 0 Å². The van der Waals surface area contributed by atoms with Crippen LogP contribution in [0.1, 0.15) is 156 Å². The second-order valence-electron chi connectivity index (χ2n) is 8.55. The first-order valence-corrected chi connectivity index (χ1v) is 13.9. The Morgan fingerprint density at radius 2 is 0.667 bits per heavy atom. The fourth-order valence-corrected chi connectivity index (χ4v) is 4.23. The summed E-state index contributed by atoms with van der Waals surface area (Å²) >= 11 is 3.68. The van der Waals surface area contributed by atoms with E-state index in [0.29, 0.717) is 0 Å². The molecule has 0 spiro atoms. The van der Waals surface area contributed by atoms with Gasteiger partial charge < -0.3 is 0 Å². The van der Waals surface area contributed by atoms with Crippen molar-refractivity contribution < 1.29 is 0 Å². The maximum absolute atomic E-state index is 3.68. The Morgan fingerprint density at radius 3 is 0.963 bits per heavy atom. The first-order valence-electron chi connectivity index (χ1n) is 12.8. The zero-order chi connectivity index (χ0) is 20.4. The van der Waals surface area contributed by atoms with Crippen LogP contribution in [-0.4, -0.2) is 5.33 Å². The minimum atomic E-state index is 0.943. The second kappa shape index (κ2) is 28.7. The van der Waals surface area contributed by atoms with Gasteiger partial charge in [0.05, 0.1) is 0 Å². The van der Waals surface area contributed by atoms with Crippen LogP contribution in [0.15, 0.2) is 0 Å². The second-order valence-corrected chi connectivity index (χ2v) is 9.19. The predicted octanol–water partition coefficient (Wildman–Crippen LogP) is 10.9. The summed E-state index contributed by atoms with van der Waals surface area (Å²) in [5, 5.41) is 1.22. The van der Waals surface area contributed by atoms with E-state index in [1.807, 2.05) is 0 Å². The van der Waals surface area contributed by atoms with Crippen LogP contribution in [0.2, 0.25) is 0 Å². The number of unbranched alkanes of at least 4 members (excludes halogenated alkanes) is 15. The van der Waals surface area contributed by atoms with E-state index in [4.69, 9.17) is 0 Å². The average molecular weight is 448 g/mol. The van der Waals surface area contributed by atoms with Gasteiger partial charge in [0.1, 0.15) is 0 Å². The van der Waals surface area contributed by atoms with Crippen molar-refractivity contribution in [2.75, 3.05) is 5.33 Å². The van der Waals surface area contributed by atoms with E-state index in [9.17, 15) is 0 Å². The van der Waals surface area contributed by atoms with Gasteiger partial charge in [-0.2, -0.15) is 0 Å². The monoisotopic (exact) mass is 446 g/mol. The van der Waals surface area contributed by atoms with E-state index in [1.54, 1.807) is 0 Å². The lowest BCUT2D eigenvalue weighted by molar-refractivity contribution is 0.442. The van der Waals surface area contributed by atoms with E-state index in [0.717, 1.165) is 5.92 Å². The molecule has 0 saturated carbocycles. The van der Waals surface area contributed by atoms with Gasteiger partial charge in [-0.1, -0.05) is 159 Å². The molecule has 0 fully saturated rings. The standard InChI is InChI=1S/C16H33Br.C10H22/c1-3-5-7-9-10-12-14-16(15-17)13-11-8-6-4-2;1-3-5-7-9-10-8-6-4-2/h16H,3-15H2,1-2H3;3-10H2,1-2H3. The predicted molar refractivity (Wildman–Crippen MR) is 132 cm³/mol. The molecule has 1 atom stereocenters. The molecule has 0 saturated heterocycles. The quantitative estimate of drug-likeness (QED) is 0.129. The Labute approximate surface area is 183 Å². The Hall–Kier alpha value is 0.480. The van der Waals surface area contributed by atoms with Crippen molar-refractivity contribution in [2.45, 2.75) is 156 Å². The molecular weight excluding hydrogens is 392 g/mol. The van der Waals surface area contributed by atoms with Gasteiger partial charge in [0, 0.05) is 5.33 Å². The van der Waals surface area contributed by atoms with E-state index in [2.05, 4.69) is 43.6 Å². The van der Waals surface area contributed by atoms with Gasteiger partial charge in [0.15, 0.2) is 0 Å². The molecule has 0 amide bonds. The van der Waals surface area contributed by atoms with E-state index < -0.39 is 0 Å². The molecule has 0 bridgehead atoms. The topological polar surface area (TPSA) is 0 Å². The molecule has 0 aromatic rings. The van der Waals surface area contributed by atoms with Crippen LogP contribution in [-0.2, 0) is 0 Å². The molecule has 1 heteroatoms. The summed E-state index contributed by atoms with van der Waals surface area (Å²) in [6, 6.07) is 0. The molecule has 0 radical (unpaired) electrons. The largest absolute Gasteiger partial charge is 0.0925 e. The van der Waals surface area contributed by atoms with Crippen molar-refractivity contribution in [3.05, 3.63) is 0 Å². The molecule has 0 aliphatic carbocycles. The highest BCUT2D eigenvalue weighted by atomic mass is 79.9. The third-order valence-corrected chi connectivity index (χ3v) is 6.52. The fourth-order valence-electron chi connectivity index (χ4n) is 3.58. The summed E-state index contributed by atoms with van der Waals surface area (Å²) in [5.74, 6) is 0.943. The van der Waals surface area contributed by atoms with Gasteiger partial charge >= 0.3 is 0 Å². The van der Waals surface area contributed by atoms with Crippen LogP contribution in [0.25, 0.3) is 0 Å². The van der Waals surface area contributed by atoms with E-state index >= 15 is 0 Å². The number of rotatable bonds is 20. The van der Waals surface area contributed by atoms with Crippen molar-refractivity contribution in [1.82, 2.24) is 0 Å². The van der Waals surface area contributed by atoms with Gasteiger partial charge in [0.25, 0.3) is 0 Å². The highest BCUT2D eigenvalue weighted by Crippen LogP contribution is 2.20. The number of hydrogen-bond acceptors (Lipinski definition) is 0. The molecule has 27 heavy (non-hydrogen) atoms. The average Bonchev–Trinajstić information content (AvgIpc) is 2.69. The van der Waals surface area contributed by atoms with Crippen molar-refractivity contribution in [1.29, 1.82) is 0 Å². The third kappa shape index (κ3) is 28.8. The van der Waals surface area contributed by atoms with Crippen LogP contribution in [0.5, 0.6) is 0 Å². The molecular formula is C26H55Br. The summed E-state index contributed by atoms with van der Waals surface area (Å²) in [6.45, 7) is 9.12. The maximum atomic E-state index is 3.68. The highest BCUT2D eigenvalue weighted by Gasteiger charge is 2.06. The zero-order valence-corrected chi connectivity index (χ0v) is 21.4. The molecule has 1 unspecified atom stereocenters. The van der Waals surface area contributed by atoms with Crippen LogP contribution in [0.3, 0.4) is 0 Å². The summed E-state index contributed by atoms with van der Waals surface area (Å²) in [6.07, 6.45) is 28.6. The lowest BCUT2D eigenvalue weighted by Gasteiger charge is -2.13. The van der Waals surface area contributed by atoms with Crippen LogP contribution < -0.4 is 0 Å². The molecule has 0 aromatic carbocycles. The Balaban J connectivity index is 0. The molecule has 0 nitrogen and oxygen atoms in total. The minimum absolute atomic E-state index is 0.943. The Bertz CT molecular complexity index is 218. The van der Waals surface area contributed by atoms with Gasteiger partial charge in [-0.15, -0.1) is 0 Å². The molecule has 0 aromatic heterocycles. The summed E-state index contributed by atoms with van der Waals surface area (Å²) in [4.78, 5) is 0. The van der Waals surface area contributed by atoms with Gasteiger partial charge in [-0.05, 0) is 18.8 Å². The lowest BCUT2D eigenvalue weighted by Crippen LogP contribution is -2.02. The van der Waals surface area contributed by atoms with Crippen molar-refractivity contribution in [3.8, 4) is 0 Å². The minimum Gasteiger partial charge on any atom is -0.0925 e. The molecule has 0 N–H and O–H groups in total. The first kappa shape index (κ1) is 29.7. The highest BCUT2D eigenvalue weighted by molar-refractivity contribution is 9.09. The number of halogens is 1. The molecule has 166 valence electrons. The fraction of sp³-hybridized carbons (Fsp3) is 1.00. The maximum Gasteiger partial charge on any atom is 0.00596 e. The Morgan fingerprint density at radius 1 is 0.407 bits per heavy atom. The molecule has 0 rings (SSSR count). The van der Waals surface area contributed by atoms with E-state index in [1.165, 1.54) is 134 Å². The molecule has 0 heterocycles. The van der Waals surface area contributed by atoms with Crippen molar-refractivity contribution in [2.24, 2.45) is 5.92 Å². The lowest BCUT2D eigenvalue weighted by atomic mass is 9.96. The summed E-state index contributed by atoms with van der Waals surface area (Å²) in [7, 11) is 0. The smallest absolute Gasteiger partial charge is 0.00596 e. The van der Waals surface area contributed by atoms with Gasteiger partial charge in [-0.25, -0.2) is 0 Å². The normalized spacial score (nSPS) is 11.9. The SMILES string of the molecule is CCCCCCCCC(CBr)CCCCCC.CCCCCCCCCC.